The first-order chi connectivity index (χ1) is 16.1. The van der Waals surface area contributed by atoms with Gasteiger partial charge in [-0.1, -0.05) is 17.7 Å². The van der Waals surface area contributed by atoms with E-state index in [4.69, 9.17) is 20.5 Å². The molecule has 0 aliphatic carbocycles. The second-order valence-corrected chi connectivity index (χ2v) is 7.06. The highest BCUT2D eigenvalue weighted by Gasteiger charge is 2.27. The van der Waals surface area contributed by atoms with E-state index in [0.717, 1.165) is 5.56 Å². The van der Waals surface area contributed by atoms with Gasteiger partial charge in [-0.15, -0.1) is 0 Å². The zero-order valence-electron chi connectivity index (χ0n) is 19.2. The fourth-order valence-electron chi connectivity index (χ4n) is 3.36. The molecule has 1 aliphatic heterocycles. The van der Waals surface area contributed by atoms with Gasteiger partial charge in [0, 0.05) is 29.0 Å². The number of carboxylic acid groups (broad SMARTS) is 1. The van der Waals surface area contributed by atoms with Crippen LogP contribution in [0.5, 0.6) is 5.75 Å². The molecule has 0 spiro atoms. The Bertz CT molecular complexity index is 1260. The number of amides is 2. The Morgan fingerprint density at radius 2 is 2.16 bits per heavy atom. The van der Waals surface area contributed by atoms with Crippen molar-refractivity contribution in [1.82, 2.24) is 25.0 Å². The minimum absolute atomic E-state index is 0.0280. The lowest BCUT2D eigenvalue weighted by atomic mass is 10.2. The number of aromatic nitrogens is 3. The molecule has 0 saturated carbocycles. The summed E-state index contributed by atoms with van der Waals surface area (Å²) in [5, 5.41) is 18.8. The Labute approximate surface area is 186 Å². The van der Waals surface area contributed by atoms with Crippen molar-refractivity contribution in [2.45, 2.75) is 13.1 Å². The van der Waals surface area contributed by atoms with Crippen molar-refractivity contribution >= 4 is 35.0 Å². The third-order valence-electron chi connectivity index (χ3n) is 4.79. The van der Waals surface area contributed by atoms with Crippen LogP contribution < -0.4 is 15.4 Å². The van der Waals surface area contributed by atoms with Gasteiger partial charge < -0.3 is 20.5 Å². The van der Waals surface area contributed by atoms with Crippen molar-refractivity contribution in [1.29, 1.82) is 0 Å². The molecule has 3 heterocycles. The SMILES string of the molecule is [2H]C([2H])([2H])NC(=O)c1cnc(Cl)cc1Nc1cccc(-n2cc3c(n2)CN(C(=O)O)C3)c1OC. The van der Waals surface area contributed by atoms with E-state index in [1.54, 1.807) is 29.1 Å². The topological polar surface area (TPSA) is 122 Å². The van der Waals surface area contributed by atoms with Gasteiger partial charge in [-0.25, -0.2) is 14.5 Å². The number of pyridine rings is 1. The summed E-state index contributed by atoms with van der Waals surface area (Å²) in [5.74, 6) is -0.470. The van der Waals surface area contributed by atoms with Gasteiger partial charge in [0.05, 0.1) is 42.8 Å². The predicted octanol–water partition coefficient (Wildman–Crippen LogP) is 3.03. The van der Waals surface area contributed by atoms with Crippen LogP contribution in [-0.4, -0.2) is 50.9 Å². The van der Waals surface area contributed by atoms with Crippen molar-refractivity contribution in [3.8, 4) is 11.4 Å². The molecule has 160 valence electrons. The number of halogens is 1. The van der Waals surface area contributed by atoms with Gasteiger partial charge in [-0.3, -0.25) is 9.69 Å². The maximum Gasteiger partial charge on any atom is 0.407 e. The average molecular weight is 446 g/mol. The summed E-state index contributed by atoms with van der Waals surface area (Å²) in [6.07, 6.45) is 1.90. The molecule has 2 aromatic heterocycles. The molecule has 10 nitrogen and oxygen atoms in total. The molecule has 3 aromatic rings. The summed E-state index contributed by atoms with van der Waals surface area (Å²) < 4.78 is 29.0. The van der Waals surface area contributed by atoms with Gasteiger partial charge in [-0.2, -0.15) is 5.10 Å². The zero-order chi connectivity index (χ0) is 24.6. The lowest BCUT2D eigenvalue weighted by molar-refractivity contribution is 0.0963. The van der Waals surface area contributed by atoms with Crippen molar-refractivity contribution in [2.24, 2.45) is 0 Å². The normalized spacial score (nSPS) is 14.3. The van der Waals surface area contributed by atoms with E-state index in [0.29, 0.717) is 22.8 Å². The van der Waals surface area contributed by atoms with E-state index in [2.05, 4.69) is 15.4 Å². The Kier molecular flexibility index (Phi) is 4.46. The van der Waals surface area contributed by atoms with Gasteiger partial charge in [0.15, 0.2) is 5.75 Å². The predicted molar refractivity (Wildman–Crippen MR) is 113 cm³/mol. The fourth-order valence-corrected chi connectivity index (χ4v) is 3.51. The van der Waals surface area contributed by atoms with Gasteiger partial charge in [0.1, 0.15) is 10.8 Å². The van der Waals surface area contributed by atoms with Crippen LogP contribution in [-0.2, 0) is 13.1 Å². The van der Waals surface area contributed by atoms with E-state index in [-0.39, 0.29) is 29.5 Å². The highest BCUT2D eigenvalue weighted by molar-refractivity contribution is 6.29. The number of anilines is 2. The Morgan fingerprint density at radius 3 is 2.87 bits per heavy atom. The molecule has 11 heteroatoms. The first-order valence-electron chi connectivity index (χ1n) is 10.5. The van der Waals surface area contributed by atoms with Crippen molar-refractivity contribution in [3.05, 3.63) is 58.6 Å². The number of para-hydroxylation sites is 1. The van der Waals surface area contributed by atoms with E-state index < -0.39 is 19.0 Å². The number of hydrogen-bond donors (Lipinski definition) is 3. The highest BCUT2D eigenvalue weighted by atomic mass is 35.5. The molecule has 0 bridgehead atoms. The van der Waals surface area contributed by atoms with E-state index >= 15 is 0 Å². The molecular formula is C20H19ClN6O4. The minimum atomic E-state index is -2.68. The van der Waals surface area contributed by atoms with E-state index in [9.17, 15) is 14.7 Å². The molecule has 4 rings (SSSR count). The van der Waals surface area contributed by atoms with Crippen LogP contribution >= 0.6 is 11.6 Å². The number of carbonyl (C=O) groups excluding carboxylic acids is 1. The van der Waals surface area contributed by atoms with Crippen LogP contribution in [0.15, 0.2) is 36.7 Å². The van der Waals surface area contributed by atoms with Crippen LogP contribution in [0, 0.1) is 0 Å². The fraction of sp³-hybridized carbons (Fsp3) is 0.200. The number of rotatable bonds is 5. The Balaban J connectivity index is 1.68. The molecule has 3 N–H and O–H groups in total. The van der Waals surface area contributed by atoms with Crippen molar-refractivity contribution in [2.75, 3.05) is 19.4 Å². The van der Waals surface area contributed by atoms with Crippen LogP contribution in [0.3, 0.4) is 0 Å². The summed E-state index contributed by atoms with van der Waals surface area (Å²) in [5.41, 5.74) is 2.64. The van der Waals surface area contributed by atoms with Gasteiger partial charge >= 0.3 is 6.09 Å². The quantitative estimate of drug-likeness (QED) is 0.516. The number of benzene rings is 1. The van der Waals surface area contributed by atoms with E-state index in [1.165, 1.54) is 24.3 Å². The summed E-state index contributed by atoms with van der Waals surface area (Å²) in [6.45, 7) is -2.25. The van der Waals surface area contributed by atoms with Crippen molar-refractivity contribution < 1.29 is 23.5 Å². The number of nitrogens with zero attached hydrogens (tertiary/aromatic N) is 4. The summed E-state index contributed by atoms with van der Waals surface area (Å²) in [6, 6.07) is 6.60. The van der Waals surface area contributed by atoms with Crippen LogP contribution in [0.25, 0.3) is 5.69 Å². The molecule has 2 amide bonds. The first kappa shape index (κ1) is 16.9. The van der Waals surface area contributed by atoms with Gasteiger partial charge in [0.25, 0.3) is 5.91 Å². The third-order valence-corrected chi connectivity index (χ3v) is 5.00. The standard InChI is InChI=1S/C20H19ClN6O4/c1-22-19(28)12-7-23-17(21)6-14(12)24-13-4-3-5-16(18(13)31-2)27-9-11-8-26(20(29)30)10-15(11)25-27/h3-7,9H,8,10H2,1-2H3,(H,22,28)(H,23,24)(H,29,30)/i1D3. The summed E-state index contributed by atoms with van der Waals surface area (Å²) >= 11 is 6.01. The molecule has 0 unspecified atom stereocenters. The molecule has 1 aromatic carbocycles. The van der Waals surface area contributed by atoms with Gasteiger partial charge in [0.2, 0.25) is 0 Å². The van der Waals surface area contributed by atoms with E-state index in [1.807, 2.05) is 5.32 Å². The lowest BCUT2D eigenvalue weighted by Gasteiger charge is -2.17. The molecule has 0 radical (unpaired) electrons. The summed E-state index contributed by atoms with van der Waals surface area (Å²) in [4.78, 5) is 28.8. The average Bonchev–Trinajstić information content (AvgIpc) is 3.32. The molecule has 0 atom stereocenters. The Hall–Kier alpha value is -3.79. The number of methoxy groups -OCH3 is 1. The highest BCUT2D eigenvalue weighted by Crippen LogP contribution is 2.35. The third kappa shape index (κ3) is 3.84. The zero-order valence-corrected chi connectivity index (χ0v) is 17.0. The Morgan fingerprint density at radius 1 is 1.32 bits per heavy atom. The van der Waals surface area contributed by atoms with Crippen LogP contribution in [0.4, 0.5) is 16.2 Å². The molecule has 0 saturated heterocycles. The second-order valence-electron chi connectivity index (χ2n) is 6.67. The summed E-state index contributed by atoms with van der Waals surface area (Å²) in [7, 11) is 1.47. The minimum Gasteiger partial charge on any atom is -0.492 e. The largest absolute Gasteiger partial charge is 0.492 e. The number of ether oxygens (including phenoxy) is 1. The van der Waals surface area contributed by atoms with Crippen LogP contribution in [0.2, 0.25) is 5.15 Å². The monoisotopic (exact) mass is 445 g/mol. The molecule has 0 fully saturated rings. The lowest BCUT2D eigenvalue weighted by Crippen LogP contribution is -2.23. The number of fused-ring (bicyclic) bond motifs is 1. The molecular weight excluding hydrogens is 424 g/mol. The second kappa shape index (κ2) is 8.15. The molecule has 1 aliphatic rings. The maximum absolute atomic E-state index is 12.5. The van der Waals surface area contributed by atoms with Crippen molar-refractivity contribution in [3.63, 3.8) is 0 Å². The smallest absolute Gasteiger partial charge is 0.407 e. The number of carbonyl (C=O) groups is 2. The number of hydrogen-bond acceptors (Lipinski definition) is 6. The number of nitrogens with one attached hydrogen (secondary N) is 2. The first-order valence-corrected chi connectivity index (χ1v) is 9.41. The molecule has 31 heavy (non-hydrogen) atoms. The maximum atomic E-state index is 12.5. The van der Waals surface area contributed by atoms with Crippen LogP contribution in [0.1, 0.15) is 25.7 Å². The van der Waals surface area contributed by atoms with Gasteiger partial charge in [-0.05, 0) is 18.2 Å².